The SMILES string of the molecule is CCCN(CC1CCCN1)c1ccnc(C(=O)OC)c1. The van der Waals surface area contributed by atoms with Crippen LogP contribution in [0.4, 0.5) is 5.69 Å². The van der Waals surface area contributed by atoms with Crippen molar-refractivity contribution in [2.45, 2.75) is 32.2 Å². The van der Waals surface area contributed by atoms with Crippen LogP contribution in [0.5, 0.6) is 0 Å². The third kappa shape index (κ3) is 3.70. The molecule has 1 unspecified atom stereocenters. The van der Waals surface area contributed by atoms with Gasteiger partial charge in [0.15, 0.2) is 0 Å². The highest BCUT2D eigenvalue weighted by Gasteiger charge is 2.19. The van der Waals surface area contributed by atoms with Gasteiger partial charge in [-0.05, 0) is 37.9 Å². The van der Waals surface area contributed by atoms with Crippen LogP contribution in [-0.2, 0) is 4.74 Å². The van der Waals surface area contributed by atoms with E-state index in [1.54, 1.807) is 6.20 Å². The molecule has 0 aromatic carbocycles. The molecule has 110 valence electrons. The minimum absolute atomic E-state index is 0.366. The van der Waals surface area contributed by atoms with E-state index in [0.717, 1.165) is 31.7 Å². The number of nitrogens with zero attached hydrogens (tertiary/aromatic N) is 2. The summed E-state index contributed by atoms with van der Waals surface area (Å²) < 4.78 is 4.73. The second-order valence-corrected chi connectivity index (χ2v) is 5.13. The van der Waals surface area contributed by atoms with Gasteiger partial charge in [-0.1, -0.05) is 6.92 Å². The minimum Gasteiger partial charge on any atom is -0.464 e. The predicted molar refractivity (Wildman–Crippen MR) is 79.1 cm³/mol. The normalized spacial score (nSPS) is 18.0. The van der Waals surface area contributed by atoms with Crippen molar-refractivity contribution in [3.63, 3.8) is 0 Å². The Morgan fingerprint density at radius 2 is 2.45 bits per heavy atom. The largest absolute Gasteiger partial charge is 0.464 e. The molecule has 1 fully saturated rings. The maximum atomic E-state index is 11.6. The van der Waals surface area contributed by atoms with E-state index in [9.17, 15) is 4.79 Å². The van der Waals surface area contributed by atoms with Crippen LogP contribution in [0.25, 0.3) is 0 Å². The molecule has 0 saturated carbocycles. The van der Waals surface area contributed by atoms with Gasteiger partial charge in [0.2, 0.25) is 0 Å². The number of anilines is 1. The smallest absolute Gasteiger partial charge is 0.356 e. The summed E-state index contributed by atoms with van der Waals surface area (Å²) >= 11 is 0. The molecular formula is C15H23N3O2. The summed E-state index contributed by atoms with van der Waals surface area (Å²) in [5, 5.41) is 3.51. The van der Waals surface area contributed by atoms with Gasteiger partial charge in [-0.15, -0.1) is 0 Å². The summed E-state index contributed by atoms with van der Waals surface area (Å²) in [5.41, 5.74) is 1.40. The van der Waals surface area contributed by atoms with E-state index in [-0.39, 0.29) is 5.97 Å². The van der Waals surface area contributed by atoms with Crippen molar-refractivity contribution in [1.29, 1.82) is 0 Å². The number of carbonyl (C=O) groups excluding carboxylic acids is 1. The summed E-state index contributed by atoms with van der Waals surface area (Å²) in [6, 6.07) is 4.31. The molecule has 0 bridgehead atoms. The molecule has 5 nitrogen and oxygen atoms in total. The topological polar surface area (TPSA) is 54.5 Å². The van der Waals surface area contributed by atoms with Gasteiger partial charge >= 0.3 is 5.97 Å². The van der Waals surface area contributed by atoms with Gasteiger partial charge in [-0.2, -0.15) is 0 Å². The number of hydrogen-bond donors (Lipinski definition) is 1. The standard InChI is InChI=1S/C15H23N3O2/c1-3-9-18(11-12-5-4-7-16-12)13-6-8-17-14(10-13)15(19)20-2/h6,8,10,12,16H,3-5,7,9,11H2,1-2H3. The molecule has 1 aromatic rings. The monoisotopic (exact) mass is 277 g/mol. The molecule has 1 aliphatic rings. The molecule has 5 heteroatoms. The lowest BCUT2D eigenvalue weighted by Crippen LogP contribution is -2.38. The van der Waals surface area contributed by atoms with Crippen molar-refractivity contribution in [2.75, 3.05) is 31.6 Å². The Morgan fingerprint density at radius 1 is 1.60 bits per heavy atom. The highest BCUT2D eigenvalue weighted by molar-refractivity contribution is 5.88. The number of nitrogens with one attached hydrogen (secondary N) is 1. The zero-order chi connectivity index (χ0) is 14.4. The molecule has 0 aliphatic carbocycles. The summed E-state index contributed by atoms with van der Waals surface area (Å²) in [5.74, 6) is -0.387. The Kier molecular flexibility index (Phi) is 5.35. The molecule has 20 heavy (non-hydrogen) atoms. The van der Waals surface area contributed by atoms with Gasteiger partial charge in [0, 0.05) is 31.0 Å². The first-order valence-electron chi connectivity index (χ1n) is 7.27. The summed E-state index contributed by atoms with van der Waals surface area (Å²) in [6.45, 7) is 5.22. The Hall–Kier alpha value is -1.62. The number of methoxy groups -OCH3 is 1. The number of pyridine rings is 1. The number of ether oxygens (including phenoxy) is 1. The molecule has 1 N–H and O–H groups in total. The average molecular weight is 277 g/mol. The molecule has 2 heterocycles. The Morgan fingerprint density at radius 3 is 3.10 bits per heavy atom. The van der Waals surface area contributed by atoms with Crippen molar-refractivity contribution in [1.82, 2.24) is 10.3 Å². The second-order valence-electron chi connectivity index (χ2n) is 5.13. The Balaban J connectivity index is 2.12. The van der Waals surface area contributed by atoms with Gasteiger partial charge < -0.3 is 15.0 Å². The lowest BCUT2D eigenvalue weighted by molar-refractivity contribution is 0.0594. The molecular weight excluding hydrogens is 254 g/mol. The fraction of sp³-hybridized carbons (Fsp3) is 0.600. The zero-order valence-corrected chi connectivity index (χ0v) is 12.3. The van der Waals surface area contributed by atoms with Gasteiger partial charge in [0.25, 0.3) is 0 Å². The van der Waals surface area contributed by atoms with Crippen LogP contribution in [0.3, 0.4) is 0 Å². The first-order chi connectivity index (χ1) is 9.74. The van der Waals surface area contributed by atoms with E-state index in [1.807, 2.05) is 12.1 Å². The van der Waals surface area contributed by atoms with Crippen LogP contribution in [0.1, 0.15) is 36.7 Å². The number of carbonyl (C=O) groups is 1. The number of rotatable bonds is 6. The fourth-order valence-corrected chi connectivity index (χ4v) is 2.61. The summed E-state index contributed by atoms with van der Waals surface area (Å²) in [4.78, 5) is 18.0. The maximum Gasteiger partial charge on any atom is 0.356 e. The van der Waals surface area contributed by atoms with Crippen LogP contribution in [0.2, 0.25) is 0 Å². The number of hydrogen-bond acceptors (Lipinski definition) is 5. The van der Waals surface area contributed by atoms with Crippen LogP contribution < -0.4 is 10.2 Å². The molecule has 1 aromatic heterocycles. The molecule has 1 aliphatic heterocycles. The van der Waals surface area contributed by atoms with E-state index >= 15 is 0 Å². The summed E-state index contributed by atoms with van der Waals surface area (Å²) in [6.07, 6.45) is 5.21. The van der Waals surface area contributed by atoms with E-state index in [2.05, 4.69) is 22.1 Å². The quantitative estimate of drug-likeness (QED) is 0.804. The highest BCUT2D eigenvalue weighted by Crippen LogP contribution is 2.18. The van der Waals surface area contributed by atoms with Crippen molar-refractivity contribution < 1.29 is 9.53 Å². The third-order valence-electron chi connectivity index (χ3n) is 3.60. The van der Waals surface area contributed by atoms with Gasteiger partial charge in [-0.3, -0.25) is 0 Å². The first-order valence-corrected chi connectivity index (χ1v) is 7.27. The molecule has 1 saturated heterocycles. The molecule has 2 rings (SSSR count). The molecule has 1 atom stereocenters. The van der Waals surface area contributed by atoms with Crippen LogP contribution in [0.15, 0.2) is 18.3 Å². The molecule has 0 spiro atoms. The van der Waals surface area contributed by atoms with Crippen molar-refractivity contribution in [3.05, 3.63) is 24.0 Å². The van der Waals surface area contributed by atoms with Crippen LogP contribution >= 0.6 is 0 Å². The Labute approximate surface area is 120 Å². The lowest BCUT2D eigenvalue weighted by Gasteiger charge is -2.27. The number of aromatic nitrogens is 1. The second kappa shape index (κ2) is 7.24. The Bertz CT molecular complexity index is 444. The van der Waals surface area contributed by atoms with E-state index < -0.39 is 0 Å². The average Bonchev–Trinajstić information content (AvgIpc) is 2.99. The van der Waals surface area contributed by atoms with E-state index in [1.165, 1.54) is 20.0 Å². The predicted octanol–water partition coefficient (Wildman–Crippen LogP) is 1.84. The molecule has 0 radical (unpaired) electrons. The first kappa shape index (κ1) is 14.8. The fourth-order valence-electron chi connectivity index (χ4n) is 2.61. The van der Waals surface area contributed by atoms with Crippen molar-refractivity contribution >= 4 is 11.7 Å². The zero-order valence-electron chi connectivity index (χ0n) is 12.3. The van der Waals surface area contributed by atoms with Gasteiger partial charge in [-0.25, -0.2) is 9.78 Å². The van der Waals surface area contributed by atoms with E-state index in [0.29, 0.717) is 11.7 Å². The van der Waals surface area contributed by atoms with Crippen molar-refractivity contribution in [3.8, 4) is 0 Å². The van der Waals surface area contributed by atoms with E-state index in [4.69, 9.17) is 4.74 Å². The van der Waals surface area contributed by atoms with Crippen LogP contribution in [0, 0.1) is 0 Å². The highest BCUT2D eigenvalue weighted by atomic mass is 16.5. The van der Waals surface area contributed by atoms with Crippen LogP contribution in [-0.4, -0.2) is 43.7 Å². The minimum atomic E-state index is -0.387. The van der Waals surface area contributed by atoms with Gasteiger partial charge in [0.05, 0.1) is 7.11 Å². The number of esters is 1. The maximum absolute atomic E-state index is 11.6. The third-order valence-corrected chi connectivity index (χ3v) is 3.60. The summed E-state index contributed by atoms with van der Waals surface area (Å²) in [7, 11) is 1.38. The van der Waals surface area contributed by atoms with Crippen molar-refractivity contribution in [2.24, 2.45) is 0 Å². The van der Waals surface area contributed by atoms with Gasteiger partial charge in [0.1, 0.15) is 5.69 Å². The molecule has 0 amide bonds. The lowest BCUT2D eigenvalue weighted by atomic mass is 10.2.